The summed E-state index contributed by atoms with van der Waals surface area (Å²) in [5.74, 6) is -0.528. The molecule has 1 aromatic rings. The Kier molecular flexibility index (Phi) is 4.92. The van der Waals surface area contributed by atoms with Crippen molar-refractivity contribution in [1.82, 2.24) is 15.2 Å². The minimum atomic E-state index is -4.47. The number of nitrogens with one attached hydrogen (secondary N) is 2. The summed E-state index contributed by atoms with van der Waals surface area (Å²) in [6.45, 7) is 0.785. The molecule has 0 bridgehead atoms. The first-order chi connectivity index (χ1) is 10.8. The second kappa shape index (κ2) is 6.71. The molecule has 3 amide bonds. The molecule has 1 aliphatic heterocycles. The van der Waals surface area contributed by atoms with Crippen molar-refractivity contribution in [2.45, 2.75) is 19.1 Å². The lowest BCUT2D eigenvalue weighted by Crippen LogP contribution is -2.56. The monoisotopic (exact) mass is 332 g/mol. The standard InChI is InChI=1S/C13H15F3N4O3/c1-8-11(21)18-4-5-20(8)12(22)19-9-2-3-17-10(6-9)23-7-13(14,15)16/h2-3,6,8H,4-5,7H2,1H3,(H,18,21)(H,17,19,22). The number of anilines is 1. The third-order valence-corrected chi connectivity index (χ3v) is 3.13. The van der Waals surface area contributed by atoms with Crippen molar-refractivity contribution in [3.8, 4) is 5.88 Å². The van der Waals surface area contributed by atoms with Crippen LogP contribution in [0.4, 0.5) is 23.7 Å². The van der Waals surface area contributed by atoms with Crippen LogP contribution < -0.4 is 15.4 Å². The summed E-state index contributed by atoms with van der Waals surface area (Å²) in [6, 6.07) is 1.43. The Balaban J connectivity index is 1.99. The van der Waals surface area contributed by atoms with E-state index in [2.05, 4.69) is 20.4 Å². The summed E-state index contributed by atoms with van der Waals surface area (Å²) in [6.07, 6.45) is -3.26. The maximum atomic E-state index is 12.1. The lowest BCUT2D eigenvalue weighted by Gasteiger charge is -2.32. The van der Waals surface area contributed by atoms with Crippen LogP contribution in [0, 0.1) is 0 Å². The smallest absolute Gasteiger partial charge is 0.422 e. The molecular weight excluding hydrogens is 317 g/mol. The van der Waals surface area contributed by atoms with E-state index in [1.54, 1.807) is 6.92 Å². The van der Waals surface area contributed by atoms with Gasteiger partial charge < -0.3 is 20.3 Å². The molecular formula is C13H15F3N4O3. The minimum Gasteiger partial charge on any atom is -0.468 e. The predicted octanol–water partition coefficient (Wildman–Crippen LogP) is 1.37. The summed E-state index contributed by atoms with van der Waals surface area (Å²) in [4.78, 5) is 28.6. The highest BCUT2D eigenvalue weighted by Gasteiger charge is 2.30. The lowest BCUT2D eigenvalue weighted by atomic mass is 10.2. The van der Waals surface area contributed by atoms with E-state index < -0.39 is 24.9 Å². The number of piperazine rings is 1. The molecule has 1 saturated heterocycles. The quantitative estimate of drug-likeness (QED) is 0.876. The number of pyridine rings is 1. The predicted molar refractivity (Wildman–Crippen MR) is 74.0 cm³/mol. The van der Waals surface area contributed by atoms with Gasteiger partial charge in [-0.2, -0.15) is 13.2 Å². The van der Waals surface area contributed by atoms with Gasteiger partial charge in [0.05, 0.1) is 0 Å². The van der Waals surface area contributed by atoms with Crippen molar-refractivity contribution in [2.75, 3.05) is 25.0 Å². The second-order valence-corrected chi connectivity index (χ2v) is 4.88. The molecule has 0 saturated carbocycles. The first-order valence-corrected chi connectivity index (χ1v) is 6.77. The lowest BCUT2D eigenvalue weighted by molar-refractivity contribution is -0.154. The van der Waals surface area contributed by atoms with E-state index in [0.717, 1.165) is 0 Å². The number of hydrogen-bond acceptors (Lipinski definition) is 4. The molecule has 2 heterocycles. The van der Waals surface area contributed by atoms with Gasteiger partial charge in [0.2, 0.25) is 11.8 Å². The van der Waals surface area contributed by atoms with Crippen LogP contribution in [0.3, 0.4) is 0 Å². The number of urea groups is 1. The van der Waals surface area contributed by atoms with Gasteiger partial charge in [-0.3, -0.25) is 4.79 Å². The fraction of sp³-hybridized carbons (Fsp3) is 0.462. The largest absolute Gasteiger partial charge is 0.468 e. The van der Waals surface area contributed by atoms with Crippen LogP contribution in [-0.2, 0) is 4.79 Å². The molecule has 0 aromatic carbocycles. The van der Waals surface area contributed by atoms with Crippen molar-refractivity contribution in [3.05, 3.63) is 18.3 Å². The van der Waals surface area contributed by atoms with Gasteiger partial charge in [0, 0.05) is 31.0 Å². The SMILES string of the molecule is CC1C(=O)NCCN1C(=O)Nc1ccnc(OCC(F)(F)F)c1. The number of hydrogen-bond donors (Lipinski definition) is 2. The van der Waals surface area contributed by atoms with E-state index in [1.165, 1.54) is 23.2 Å². The molecule has 2 rings (SSSR count). The van der Waals surface area contributed by atoms with E-state index in [-0.39, 0.29) is 17.5 Å². The van der Waals surface area contributed by atoms with Crippen molar-refractivity contribution in [1.29, 1.82) is 0 Å². The Bertz CT molecular complexity index is 594. The summed E-state index contributed by atoms with van der Waals surface area (Å²) in [5, 5.41) is 5.13. The van der Waals surface area contributed by atoms with E-state index in [9.17, 15) is 22.8 Å². The summed E-state index contributed by atoms with van der Waals surface area (Å²) >= 11 is 0. The highest BCUT2D eigenvalue weighted by Crippen LogP contribution is 2.19. The number of rotatable bonds is 3. The first kappa shape index (κ1) is 16.8. The molecule has 7 nitrogen and oxygen atoms in total. The average Bonchev–Trinajstić information content (AvgIpc) is 2.47. The molecule has 0 spiro atoms. The Labute approximate surface area is 129 Å². The molecule has 0 aliphatic carbocycles. The van der Waals surface area contributed by atoms with Gasteiger partial charge in [-0.1, -0.05) is 0 Å². The Morgan fingerprint density at radius 2 is 2.30 bits per heavy atom. The third kappa shape index (κ3) is 4.73. The van der Waals surface area contributed by atoms with Crippen LogP contribution in [0.1, 0.15) is 6.92 Å². The van der Waals surface area contributed by atoms with E-state index >= 15 is 0 Å². The molecule has 126 valence electrons. The van der Waals surface area contributed by atoms with Crippen LogP contribution in [-0.4, -0.2) is 53.7 Å². The van der Waals surface area contributed by atoms with Crippen LogP contribution in [0.25, 0.3) is 0 Å². The maximum Gasteiger partial charge on any atom is 0.422 e. The maximum absolute atomic E-state index is 12.1. The fourth-order valence-corrected chi connectivity index (χ4v) is 1.98. The number of aromatic nitrogens is 1. The number of carbonyl (C=O) groups excluding carboxylic acids is 2. The Morgan fingerprint density at radius 3 is 3.00 bits per heavy atom. The number of halogens is 3. The van der Waals surface area contributed by atoms with Crippen LogP contribution in [0.2, 0.25) is 0 Å². The van der Waals surface area contributed by atoms with Crippen molar-refractivity contribution in [3.63, 3.8) is 0 Å². The molecule has 23 heavy (non-hydrogen) atoms. The van der Waals surface area contributed by atoms with Gasteiger partial charge in [0.25, 0.3) is 0 Å². The summed E-state index contributed by atoms with van der Waals surface area (Å²) in [7, 11) is 0. The molecule has 1 aromatic heterocycles. The zero-order chi connectivity index (χ0) is 17.0. The molecule has 1 atom stereocenters. The van der Waals surface area contributed by atoms with E-state index in [0.29, 0.717) is 13.1 Å². The zero-order valence-corrected chi connectivity index (χ0v) is 12.2. The second-order valence-electron chi connectivity index (χ2n) is 4.88. The number of alkyl halides is 3. The van der Waals surface area contributed by atoms with Gasteiger partial charge in [-0.05, 0) is 13.0 Å². The number of nitrogens with zero attached hydrogens (tertiary/aromatic N) is 2. The highest BCUT2D eigenvalue weighted by molar-refractivity contribution is 5.94. The fourth-order valence-electron chi connectivity index (χ4n) is 1.98. The van der Waals surface area contributed by atoms with E-state index in [4.69, 9.17) is 0 Å². The van der Waals surface area contributed by atoms with Crippen molar-refractivity contribution < 1.29 is 27.5 Å². The van der Waals surface area contributed by atoms with E-state index in [1.807, 2.05) is 0 Å². The van der Waals surface area contributed by atoms with Crippen LogP contribution in [0.15, 0.2) is 18.3 Å². The number of ether oxygens (including phenoxy) is 1. The topological polar surface area (TPSA) is 83.6 Å². The average molecular weight is 332 g/mol. The number of amides is 3. The molecule has 1 aliphatic rings. The third-order valence-electron chi connectivity index (χ3n) is 3.13. The number of carbonyl (C=O) groups is 2. The van der Waals surface area contributed by atoms with Gasteiger partial charge >= 0.3 is 12.2 Å². The highest BCUT2D eigenvalue weighted by atomic mass is 19.4. The summed E-state index contributed by atoms with van der Waals surface area (Å²) in [5.41, 5.74) is 0.223. The molecule has 1 unspecified atom stereocenters. The summed E-state index contributed by atoms with van der Waals surface area (Å²) < 4.78 is 40.8. The van der Waals surface area contributed by atoms with Gasteiger partial charge in [-0.15, -0.1) is 0 Å². The van der Waals surface area contributed by atoms with Crippen LogP contribution in [0.5, 0.6) is 5.88 Å². The molecule has 0 radical (unpaired) electrons. The van der Waals surface area contributed by atoms with Gasteiger partial charge in [0.15, 0.2) is 6.61 Å². The molecule has 10 heteroatoms. The normalized spacial score (nSPS) is 18.3. The first-order valence-electron chi connectivity index (χ1n) is 6.77. The Hall–Kier alpha value is -2.52. The van der Waals surface area contributed by atoms with Crippen molar-refractivity contribution in [2.24, 2.45) is 0 Å². The van der Waals surface area contributed by atoms with Gasteiger partial charge in [0.1, 0.15) is 6.04 Å². The minimum absolute atomic E-state index is 0.223. The van der Waals surface area contributed by atoms with Crippen molar-refractivity contribution >= 4 is 17.6 Å². The van der Waals surface area contributed by atoms with Gasteiger partial charge in [-0.25, -0.2) is 9.78 Å². The Morgan fingerprint density at radius 1 is 1.57 bits per heavy atom. The molecule has 2 N–H and O–H groups in total. The van der Waals surface area contributed by atoms with Crippen LogP contribution >= 0.6 is 0 Å². The zero-order valence-electron chi connectivity index (χ0n) is 12.2. The molecule has 1 fully saturated rings.